The summed E-state index contributed by atoms with van der Waals surface area (Å²) in [6.45, 7) is 6.26. The molecule has 1 fully saturated rings. The summed E-state index contributed by atoms with van der Waals surface area (Å²) >= 11 is 0. The highest BCUT2D eigenvalue weighted by Gasteiger charge is 2.36. The maximum absolute atomic E-state index is 11.2. The number of benzene rings is 1. The van der Waals surface area contributed by atoms with Gasteiger partial charge < -0.3 is 14.9 Å². The van der Waals surface area contributed by atoms with Gasteiger partial charge in [0.25, 0.3) is 0 Å². The monoisotopic (exact) mass is 293 g/mol. The maximum atomic E-state index is 11.2. The van der Waals surface area contributed by atoms with E-state index in [9.17, 15) is 15.0 Å². The Morgan fingerprint density at radius 2 is 2.05 bits per heavy atom. The van der Waals surface area contributed by atoms with Crippen LogP contribution in [0, 0.1) is 5.41 Å². The second kappa shape index (κ2) is 6.35. The average molecular weight is 293 g/mol. The third-order valence-corrected chi connectivity index (χ3v) is 4.25. The Kier molecular flexibility index (Phi) is 4.73. The molecule has 5 heteroatoms. The van der Waals surface area contributed by atoms with E-state index in [1.54, 1.807) is 13.0 Å². The normalized spacial score (nSPS) is 18.4. The minimum absolute atomic E-state index is 0.186. The largest absolute Gasteiger partial charge is 0.504 e. The Bertz CT molecular complexity index is 507. The van der Waals surface area contributed by atoms with Crippen molar-refractivity contribution in [2.75, 3.05) is 19.7 Å². The SMILES string of the molecule is CCOc1cccc(CN2CCC(C)(C(=O)O)CC2)c1O. The number of carbonyl (C=O) groups is 1. The zero-order valence-corrected chi connectivity index (χ0v) is 12.6. The van der Waals surface area contributed by atoms with E-state index in [1.165, 1.54) is 0 Å². The number of aromatic hydroxyl groups is 1. The molecule has 21 heavy (non-hydrogen) atoms. The van der Waals surface area contributed by atoms with Gasteiger partial charge in [0, 0.05) is 12.1 Å². The molecule has 2 rings (SSSR count). The molecule has 0 unspecified atom stereocenters. The number of nitrogens with zero attached hydrogens (tertiary/aromatic N) is 1. The summed E-state index contributed by atoms with van der Waals surface area (Å²) in [6, 6.07) is 5.49. The molecule has 1 aliphatic rings. The second-order valence-corrected chi connectivity index (χ2v) is 5.84. The molecule has 0 aliphatic carbocycles. The molecule has 1 heterocycles. The zero-order valence-electron chi connectivity index (χ0n) is 12.6. The van der Waals surface area contributed by atoms with Crippen molar-refractivity contribution in [1.29, 1.82) is 0 Å². The molecule has 2 N–H and O–H groups in total. The van der Waals surface area contributed by atoms with Gasteiger partial charge >= 0.3 is 5.97 Å². The van der Waals surface area contributed by atoms with Crippen molar-refractivity contribution in [2.45, 2.75) is 33.2 Å². The molecule has 1 aromatic rings. The highest BCUT2D eigenvalue weighted by molar-refractivity contribution is 5.74. The molecule has 0 bridgehead atoms. The van der Waals surface area contributed by atoms with E-state index in [2.05, 4.69) is 4.90 Å². The third-order valence-electron chi connectivity index (χ3n) is 4.25. The van der Waals surface area contributed by atoms with Gasteiger partial charge in [-0.05, 0) is 45.8 Å². The van der Waals surface area contributed by atoms with Crippen LogP contribution >= 0.6 is 0 Å². The number of piperidine rings is 1. The number of phenols is 1. The minimum atomic E-state index is -0.719. The number of carboxylic acids is 1. The molecule has 1 saturated heterocycles. The fourth-order valence-electron chi connectivity index (χ4n) is 2.63. The smallest absolute Gasteiger partial charge is 0.309 e. The molecule has 0 saturated carbocycles. The molecular weight excluding hydrogens is 270 g/mol. The standard InChI is InChI=1S/C16H23NO4/c1-3-21-13-6-4-5-12(14(13)18)11-17-9-7-16(2,8-10-17)15(19)20/h4-6,18H,3,7-11H2,1-2H3,(H,19,20). The number of hydrogen-bond acceptors (Lipinski definition) is 4. The van der Waals surface area contributed by atoms with Crippen LogP contribution in [0.3, 0.4) is 0 Å². The molecule has 0 spiro atoms. The van der Waals surface area contributed by atoms with E-state index in [0.29, 0.717) is 31.7 Å². The number of aliphatic carboxylic acids is 1. The Morgan fingerprint density at radius 1 is 1.38 bits per heavy atom. The Morgan fingerprint density at radius 3 is 2.62 bits per heavy atom. The summed E-state index contributed by atoms with van der Waals surface area (Å²) < 4.78 is 5.38. The Hall–Kier alpha value is -1.75. The van der Waals surface area contributed by atoms with Crippen molar-refractivity contribution < 1.29 is 19.7 Å². The fourth-order valence-corrected chi connectivity index (χ4v) is 2.63. The highest BCUT2D eigenvalue weighted by Crippen LogP contribution is 2.34. The van der Waals surface area contributed by atoms with Crippen molar-refractivity contribution in [3.63, 3.8) is 0 Å². The van der Waals surface area contributed by atoms with E-state index >= 15 is 0 Å². The van der Waals surface area contributed by atoms with Gasteiger partial charge in [-0.15, -0.1) is 0 Å². The van der Waals surface area contributed by atoms with Gasteiger partial charge in [0.15, 0.2) is 11.5 Å². The first-order valence-corrected chi connectivity index (χ1v) is 7.35. The van der Waals surface area contributed by atoms with Crippen molar-refractivity contribution in [3.05, 3.63) is 23.8 Å². The van der Waals surface area contributed by atoms with Crippen LogP contribution < -0.4 is 4.74 Å². The van der Waals surface area contributed by atoms with Crippen molar-refractivity contribution >= 4 is 5.97 Å². The number of para-hydroxylation sites is 1. The van der Waals surface area contributed by atoms with Crippen LogP contribution in [0.1, 0.15) is 32.3 Å². The van der Waals surface area contributed by atoms with Gasteiger partial charge in [0.05, 0.1) is 12.0 Å². The van der Waals surface area contributed by atoms with Crippen LogP contribution in [0.15, 0.2) is 18.2 Å². The molecule has 116 valence electrons. The van der Waals surface area contributed by atoms with Crippen molar-refractivity contribution in [2.24, 2.45) is 5.41 Å². The summed E-state index contributed by atoms with van der Waals surface area (Å²) in [4.78, 5) is 13.4. The Balaban J connectivity index is 2.01. The van der Waals surface area contributed by atoms with Gasteiger partial charge in [-0.25, -0.2) is 0 Å². The topological polar surface area (TPSA) is 70.0 Å². The van der Waals surface area contributed by atoms with Gasteiger partial charge in [-0.2, -0.15) is 0 Å². The zero-order chi connectivity index (χ0) is 15.5. The Labute approximate surface area is 125 Å². The highest BCUT2D eigenvalue weighted by atomic mass is 16.5. The van der Waals surface area contributed by atoms with E-state index in [0.717, 1.165) is 18.7 Å². The molecule has 0 aromatic heterocycles. The molecule has 1 aromatic carbocycles. The van der Waals surface area contributed by atoms with Gasteiger partial charge in [-0.1, -0.05) is 12.1 Å². The van der Waals surface area contributed by atoms with Crippen LogP contribution in [0.25, 0.3) is 0 Å². The van der Waals surface area contributed by atoms with E-state index in [4.69, 9.17) is 4.74 Å². The quantitative estimate of drug-likeness (QED) is 0.873. The average Bonchev–Trinajstić information content (AvgIpc) is 2.46. The first-order chi connectivity index (χ1) is 9.96. The number of phenolic OH excluding ortho intramolecular Hbond substituents is 1. The molecule has 5 nitrogen and oxygen atoms in total. The number of carboxylic acid groups (broad SMARTS) is 1. The summed E-state index contributed by atoms with van der Waals surface area (Å²) in [5, 5.41) is 19.4. The second-order valence-electron chi connectivity index (χ2n) is 5.84. The van der Waals surface area contributed by atoms with Gasteiger partial charge in [0.1, 0.15) is 0 Å². The minimum Gasteiger partial charge on any atom is -0.504 e. The summed E-state index contributed by atoms with van der Waals surface area (Å²) in [6.07, 6.45) is 1.27. The van der Waals surface area contributed by atoms with Crippen molar-refractivity contribution in [3.8, 4) is 11.5 Å². The fraction of sp³-hybridized carbons (Fsp3) is 0.562. The predicted octanol–water partition coefficient (Wildman–Crippen LogP) is 2.48. The first-order valence-electron chi connectivity index (χ1n) is 7.35. The molecule has 0 radical (unpaired) electrons. The maximum Gasteiger partial charge on any atom is 0.309 e. The lowest BCUT2D eigenvalue weighted by Crippen LogP contribution is -2.42. The summed E-state index contributed by atoms with van der Waals surface area (Å²) in [5.41, 5.74) is 0.200. The molecular formula is C16H23NO4. The molecule has 0 atom stereocenters. The summed E-state index contributed by atoms with van der Waals surface area (Å²) in [5.74, 6) is -0.0309. The van der Waals surface area contributed by atoms with E-state index < -0.39 is 11.4 Å². The number of hydrogen-bond donors (Lipinski definition) is 2. The molecule has 1 aliphatic heterocycles. The van der Waals surface area contributed by atoms with Crippen LogP contribution in [-0.2, 0) is 11.3 Å². The van der Waals surface area contributed by atoms with E-state index in [1.807, 2.05) is 19.1 Å². The van der Waals surface area contributed by atoms with Gasteiger partial charge in [-0.3, -0.25) is 9.69 Å². The lowest BCUT2D eigenvalue weighted by Gasteiger charge is -2.36. The lowest BCUT2D eigenvalue weighted by atomic mass is 9.80. The number of likely N-dealkylation sites (tertiary alicyclic amines) is 1. The first kappa shape index (κ1) is 15.6. The number of ether oxygens (including phenoxy) is 1. The predicted molar refractivity (Wildman–Crippen MR) is 79.5 cm³/mol. The molecule has 0 amide bonds. The van der Waals surface area contributed by atoms with Crippen LogP contribution in [0.5, 0.6) is 11.5 Å². The van der Waals surface area contributed by atoms with Gasteiger partial charge in [0.2, 0.25) is 0 Å². The summed E-state index contributed by atoms with van der Waals surface area (Å²) in [7, 11) is 0. The van der Waals surface area contributed by atoms with Crippen LogP contribution in [0.2, 0.25) is 0 Å². The lowest BCUT2D eigenvalue weighted by molar-refractivity contribution is -0.150. The van der Waals surface area contributed by atoms with Crippen molar-refractivity contribution in [1.82, 2.24) is 4.90 Å². The van der Waals surface area contributed by atoms with Crippen LogP contribution in [-0.4, -0.2) is 40.8 Å². The van der Waals surface area contributed by atoms with E-state index in [-0.39, 0.29) is 5.75 Å². The number of rotatable bonds is 5. The third kappa shape index (κ3) is 3.47. The van der Waals surface area contributed by atoms with Crippen LogP contribution in [0.4, 0.5) is 0 Å².